The van der Waals surface area contributed by atoms with Gasteiger partial charge in [-0.3, -0.25) is 4.99 Å². The number of fused-ring (bicyclic) bond motifs is 4. The molecule has 0 aromatic heterocycles. The summed E-state index contributed by atoms with van der Waals surface area (Å²) in [4.78, 5) is 9.30. The lowest BCUT2D eigenvalue weighted by Crippen LogP contribution is -2.61. The molecule has 2 aliphatic rings. The molecule has 4 heteroatoms. The van der Waals surface area contributed by atoms with E-state index in [0.29, 0.717) is 0 Å². The van der Waals surface area contributed by atoms with Gasteiger partial charge in [0, 0.05) is 37.9 Å². The van der Waals surface area contributed by atoms with Crippen LogP contribution in [0.5, 0.6) is 5.75 Å². The van der Waals surface area contributed by atoms with Crippen LogP contribution >= 0.6 is 0 Å². The Morgan fingerprint density at radius 2 is 1.79 bits per heavy atom. The number of likely N-dealkylation sites (N-methyl/N-ethyl adjacent to an activating group) is 1. The molecular weight excluding hydrogens is 346 g/mol. The van der Waals surface area contributed by atoms with Gasteiger partial charge < -0.3 is 14.5 Å². The van der Waals surface area contributed by atoms with Crippen LogP contribution in [-0.4, -0.2) is 33.1 Å². The van der Waals surface area contributed by atoms with Gasteiger partial charge in [0.2, 0.25) is 5.72 Å². The molecule has 4 nitrogen and oxygen atoms in total. The fraction of sp³-hybridized carbons (Fsp3) is 0.292. The minimum atomic E-state index is -0.657. The summed E-state index contributed by atoms with van der Waals surface area (Å²) in [6, 6.07) is 19.1. The van der Waals surface area contributed by atoms with Crippen molar-refractivity contribution in [3.05, 3.63) is 60.2 Å². The smallest absolute Gasteiger partial charge is 0.228 e. The molecule has 1 atom stereocenters. The Morgan fingerprint density at radius 1 is 1.00 bits per heavy atom. The maximum absolute atomic E-state index is 6.76. The van der Waals surface area contributed by atoms with Gasteiger partial charge in [0.05, 0.1) is 11.6 Å². The summed E-state index contributed by atoms with van der Waals surface area (Å²) in [5, 5.41) is 2.30. The van der Waals surface area contributed by atoms with E-state index in [1.807, 2.05) is 18.3 Å². The minimum absolute atomic E-state index is 0.268. The van der Waals surface area contributed by atoms with E-state index in [2.05, 4.69) is 87.3 Å². The summed E-state index contributed by atoms with van der Waals surface area (Å²) >= 11 is 0. The van der Waals surface area contributed by atoms with E-state index in [9.17, 15) is 0 Å². The van der Waals surface area contributed by atoms with Crippen molar-refractivity contribution in [1.29, 1.82) is 0 Å². The SMILES string of the molecule is CN(C)c1ccc2c(c1)C(C)(C)C1(C=Nc3c(ccc4ccccc34)O1)N2C. The maximum atomic E-state index is 6.76. The Labute approximate surface area is 166 Å². The number of anilines is 2. The van der Waals surface area contributed by atoms with Gasteiger partial charge in [0.25, 0.3) is 0 Å². The molecule has 3 aromatic carbocycles. The van der Waals surface area contributed by atoms with Crippen molar-refractivity contribution in [2.45, 2.75) is 25.0 Å². The molecule has 2 aliphatic heterocycles. The number of aliphatic imine (C=N–C) groups is 1. The fourth-order valence-corrected chi connectivity index (χ4v) is 4.63. The average Bonchev–Trinajstić information content (AvgIpc) is 2.86. The van der Waals surface area contributed by atoms with Crippen LogP contribution in [0, 0.1) is 0 Å². The molecular formula is C24H25N3O. The molecule has 0 radical (unpaired) electrons. The molecule has 0 aliphatic carbocycles. The van der Waals surface area contributed by atoms with E-state index in [0.717, 1.165) is 16.8 Å². The number of benzene rings is 3. The van der Waals surface area contributed by atoms with Crippen LogP contribution in [0.25, 0.3) is 10.8 Å². The number of nitrogens with zero attached hydrogens (tertiary/aromatic N) is 3. The van der Waals surface area contributed by atoms with Crippen molar-refractivity contribution in [3.63, 3.8) is 0 Å². The quantitative estimate of drug-likeness (QED) is 0.594. The van der Waals surface area contributed by atoms with Crippen LogP contribution < -0.4 is 14.5 Å². The van der Waals surface area contributed by atoms with E-state index < -0.39 is 5.72 Å². The first-order chi connectivity index (χ1) is 13.3. The van der Waals surface area contributed by atoms with Crippen LogP contribution in [0.3, 0.4) is 0 Å². The van der Waals surface area contributed by atoms with Gasteiger partial charge in [0.15, 0.2) is 0 Å². The third-order valence-corrected chi connectivity index (χ3v) is 6.42. The molecule has 3 aromatic rings. The van der Waals surface area contributed by atoms with Crippen LogP contribution in [0.2, 0.25) is 0 Å². The topological polar surface area (TPSA) is 28.1 Å². The Bertz CT molecular complexity index is 1130. The van der Waals surface area contributed by atoms with Crippen LogP contribution in [0.15, 0.2) is 59.6 Å². The normalized spacial score (nSPS) is 21.5. The zero-order chi connectivity index (χ0) is 19.7. The molecule has 0 bridgehead atoms. The second kappa shape index (κ2) is 5.51. The predicted molar refractivity (Wildman–Crippen MR) is 118 cm³/mol. The standard InChI is InChI=1S/C24H25N3O/c1-23(2)19-14-17(26(3)4)11-12-20(19)27(5)24(23)15-25-22-18-9-7-6-8-16(18)10-13-21(22)28-24/h6-15H,1-5H3. The summed E-state index contributed by atoms with van der Waals surface area (Å²) in [6.45, 7) is 4.49. The highest BCUT2D eigenvalue weighted by Gasteiger charge is 2.58. The van der Waals surface area contributed by atoms with E-state index in [4.69, 9.17) is 9.73 Å². The highest BCUT2D eigenvalue weighted by Crippen LogP contribution is 2.54. The second-order valence-electron chi connectivity index (χ2n) is 8.47. The van der Waals surface area contributed by atoms with Crippen molar-refractivity contribution in [2.75, 3.05) is 30.9 Å². The molecule has 1 spiro atoms. The molecule has 28 heavy (non-hydrogen) atoms. The van der Waals surface area contributed by atoms with E-state index in [1.165, 1.54) is 22.3 Å². The van der Waals surface area contributed by atoms with Gasteiger partial charge in [-0.05, 0) is 49.1 Å². The third-order valence-electron chi connectivity index (χ3n) is 6.42. The Kier molecular flexibility index (Phi) is 3.36. The number of hydrogen-bond donors (Lipinski definition) is 0. The van der Waals surface area contributed by atoms with Gasteiger partial charge in [-0.15, -0.1) is 0 Å². The van der Waals surface area contributed by atoms with Gasteiger partial charge >= 0.3 is 0 Å². The number of rotatable bonds is 1. The zero-order valence-corrected chi connectivity index (χ0v) is 17.0. The summed E-state index contributed by atoms with van der Waals surface area (Å²) < 4.78 is 6.76. The Hall–Kier alpha value is -3.01. The number of ether oxygens (including phenoxy) is 1. The zero-order valence-electron chi connectivity index (χ0n) is 17.0. The van der Waals surface area contributed by atoms with Crippen molar-refractivity contribution >= 4 is 34.0 Å². The molecule has 2 heterocycles. The van der Waals surface area contributed by atoms with E-state index >= 15 is 0 Å². The number of hydrogen-bond acceptors (Lipinski definition) is 4. The fourth-order valence-electron chi connectivity index (χ4n) is 4.63. The molecule has 1 unspecified atom stereocenters. The first kappa shape index (κ1) is 17.1. The van der Waals surface area contributed by atoms with Gasteiger partial charge in [-0.25, -0.2) is 0 Å². The van der Waals surface area contributed by atoms with Gasteiger partial charge in [-0.2, -0.15) is 0 Å². The molecule has 0 N–H and O–H groups in total. The highest BCUT2D eigenvalue weighted by atomic mass is 16.5. The van der Waals surface area contributed by atoms with E-state index in [1.54, 1.807) is 0 Å². The molecule has 0 saturated carbocycles. The van der Waals surface area contributed by atoms with Crippen molar-refractivity contribution in [1.82, 2.24) is 0 Å². The summed E-state index contributed by atoms with van der Waals surface area (Å²) in [5.74, 6) is 0.835. The average molecular weight is 371 g/mol. The molecule has 142 valence electrons. The monoisotopic (exact) mass is 371 g/mol. The second-order valence-corrected chi connectivity index (χ2v) is 8.47. The van der Waals surface area contributed by atoms with Crippen molar-refractivity contribution in [3.8, 4) is 5.75 Å². The predicted octanol–water partition coefficient (Wildman–Crippen LogP) is 5.12. The lowest BCUT2D eigenvalue weighted by Gasteiger charge is -2.45. The van der Waals surface area contributed by atoms with Crippen LogP contribution in [0.4, 0.5) is 17.1 Å². The largest absolute Gasteiger partial charge is 0.459 e. The van der Waals surface area contributed by atoms with Gasteiger partial charge in [-0.1, -0.05) is 30.3 Å². The molecule has 0 amide bonds. The maximum Gasteiger partial charge on any atom is 0.228 e. The molecule has 0 fully saturated rings. The minimum Gasteiger partial charge on any atom is -0.459 e. The van der Waals surface area contributed by atoms with Crippen molar-refractivity contribution < 1.29 is 4.74 Å². The Balaban J connectivity index is 1.68. The lowest BCUT2D eigenvalue weighted by molar-refractivity contribution is 0.0827. The first-order valence-corrected chi connectivity index (χ1v) is 9.67. The van der Waals surface area contributed by atoms with E-state index in [-0.39, 0.29) is 5.41 Å². The summed E-state index contributed by atoms with van der Waals surface area (Å²) in [5.41, 5.74) is 3.64. The van der Waals surface area contributed by atoms with Crippen LogP contribution in [0.1, 0.15) is 19.4 Å². The third kappa shape index (κ3) is 2.03. The van der Waals surface area contributed by atoms with Crippen molar-refractivity contribution in [2.24, 2.45) is 4.99 Å². The highest BCUT2D eigenvalue weighted by molar-refractivity contribution is 5.99. The van der Waals surface area contributed by atoms with Crippen LogP contribution in [-0.2, 0) is 5.41 Å². The lowest BCUT2D eigenvalue weighted by atomic mass is 9.77. The van der Waals surface area contributed by atoms with Gasteiger partial charge in [0.1, 0.15) is 11.4 Å². The first-order valence-electron chi connectivity index (χ1n) is 9.67. The summed E-state index contributed by atoms with van der Waals surface area (Å²) in [6.07, 6.45) is 2.00. The summed E-state index contributed by atoms with van der Waals surface area (Å²) in [7, 11) is 6.24. The molecule has 5 rings (SSSR count). The Morgan fingerprint density at radius 3 is 2.57 bits per heavy atom. The molecule has 0 saturated heterocycles.